The van der Waals surface area contributed by atoms with Crippen LogP contribution >= 0.6 is 0 Å². The average Bonchev–Trinajstić information content (AvgIpc) is 2.98. The number of carbonyl (C=O) groups is 1. The predicted molar refractivity (Wildman–Crippen MR) is 71.7 cm³/mol. The summed E-state index contributed by atoms with van der Waals surface area (Å²) in [4.78, 5) is 15.4. The summed E-state index contributed by atoms with van der Waals surface area (Å²) < 4.78 is 4.86. The van der Waals surface area contributed by atoms with Crippen molar-refractivity contribution in [2.75, 3.05) is 30.8 Å². The zero-order valence-electron chi connectivity index (χ0n) is 10.5. The van der Waals surface area contributed by atoms with E-state index >= 15 is 0 Å². The summed E-state index contributed by atoms with van der Waals surface area (Å²) >= 11 is 0. The number of nitrogens with two attached hydrogens (primary N) is 1. The molecule has 1 aliphatic heterocycles. The lowest BCUT2D eigenvalue weighted by molar-refractivity contribution is 0.229. The van der Waals surface area contributed by atoms with Crippen molar-refractivity contribution in [1.82, 2.24) is 10.1 Å². The van der Waals surface area contributed by atoms with Gasteiger partial charge in [-0.25, -0.2) is 4.79 Å². The van der Waals surface area contributed by atoms with Gasteiger partial charge in [0.2, 0.25) is 5.88 Å². The molecule has 0 aliphatic carbocycles. The van der Waals surface area contributed by atoms with Gasteiger partial charge in [0.15, 0.2) is 0 Å². The summed E-state index contributed by atoms with van der Waals surface area (Å²) in [7, 11) is 1.80. The van der Waals surface area contributed by atoms with Crippen LogP contribution in [0, 0.1) is 0 Å². The lowest BCUT2D eigenvalue weighted by Gasteiger charge is -2.16. The summed E-state index contributed by atoms with van der Waals surface area (Å²) in [6, 6.07) is 7.64. The summed E-state index contributed by atoms with van der Waals surface area (Å²) in [5, 5.41) is 3.66. The number of hydrogen-bond donors (Lipinski definition) is 1. The van der Waals surface area contributed by atoms with E-state index in [1.54, 1.807) is 23.0 Å². The number of aromatic nitrogens is 1. The number of likely N-dealkylation sites (N-methyl/N-ethyl adjacent to an activating group) is 1. The monoisotopic (exact) mass is 258 g/mol. The molecule has 0 spiro atoms. The lowest BCUT2D eigenvalue weighted by atomic mass is 10.1. The van der Waals surface area contributed by atoms with Gasteiger partial charge in [0.05, 0.1) is 11.8 Å². The molecule has 98 valence electrons. The normalized spacial score (nSPS) is 15.3. The first-order chi connectivity index (χ1) is 9.16. The number of benzene rings is 1. The molecule has 3 rings (SSSR count). The van der Waals surface area contributed by atoms with Gasteiger partial charge in [-0.3, -0.25) is 4.90 Å². The molecule has 0 unspecified atom stereocenters. The second kappa shape index (κ2) is 4.31. The van der Waals surface area contributed by atoms with Crippen molar-refractivity contribution in [2.24, 2.45) is 0 Å². The van der Waals surface area contributed by atoms with Crippen molar-refractivity contribution in [3.63, 3.8) is 0 Å². The first kappa shape index (κ1) is 11.6. The quantitative estimate of drug-likeness (QED) is 0.891. The Hall–Kier alpha value is -2.50. The number of anilines is 2. The Balaban J connectivity index is 1.97. The van der Waals surface area contributed by atoms with Gasteiger partial charge in [0.25, 0.3) is 0 Å². The van der Waals surface area contributed by atoms with Crippen LogP contribution in [0.25, 0.3) is 11.1 Å². The van der Waals surface area contributed by atoms with Crippen molar-refractivity contribution >= 4 is 17.6 Å². The van der Waals surface area contributed by atoms with Gasteiger partial charge in [-0.15, -0.1) is 0 Å². The van der Waals surface area contributed by atoms with E-state index in [0.29, 0.717) is 6.54 Å². The first-order valence-electron chi connectivity index (χ1n) is 6.00. The molecule has 19 heavy (non-hydrogen) atoms. The lowest BCUT2D eigenvalue weighted by Crippen LogP contribution is -2.29. The maximum Gasteiger partial charge on any atom is 0.324 e. The van der Waals surface area contributed by atoms with Gasteiger partial charge in [-0.05, 0) is 17.7 Å². The third kappa shape index (κ3) is 1.91. The molecule has 2 amide bonds. The average molecular weight is 258 g/mol. The van der Waals surface area contributed by atoms with E-state index < -0.39 is 0 Å². The Bertz CT molecular complexity index is 623. The van der Waals surface area contributed by atoms with Gasteiger partial charge in [0.1, 0.15) is 0 Å². The van der Waals surface area contributed by atoms with Crippen molar-refractivity contribution in [2.45, 2.75) is 0 Å². The summed E-state index contributed by atoms with van der Waals surface area (Å²) in [6.45, 7) is 1.43. The molecule has 0 radical (unpaired) electrons. The van der Waals surface area contributed by atoms with Gasteiger partial charge in [0, 0.05) is 25.8 Å². The van der Waals surface area contributed by atoms with E-state index in [2.05, 4.69) is 5.16 Å². The number of rotatable bonds is 2. The van der Waals surface area contributed by atoms with E-state index in [1.807, 2.05) is 24.3 Å². The zero-order chi connectivity index (χ0) is 13.4. The van der Waals surface area contributed by atoms with Crippen LogP contribution in [0.5, 0.6) is 0 Å². The SMILES string of the molecule is CN1CCN(c2cccc(-c3cnoc3N)c2)C1=O. The largest absolute Gasteiger partial charge is 0.367 e. The van der Waals surface area contributed by atoms with Crippen molar-refractivity contribution in [3.8, 4) is 11.1 Å². The summed E-state index contributed by atoms with van der Waals surface area (Å²) in [5.74, 6) is 0.280. The molecule has 0 atom stereocenters. The molecule has 2 N–H and O–H groups in total. The molecule has 1 aliphatic rings. The highest BCUT2D eigenvalue weighted by Crippen LogP contribution is 2.29. The fourth-order valence-corrected chi connectivity index (χ4v) is 2.19. The van der Waals surface area contributed by atoms with E-state index in [4.69, 9.17) is 10.3 Å². The fraction of sp³-hybridized carbons (Fsp3) is 0.231. The van der Waals surface area contributed by atoms with Gasteiger partial charge in [-0.2, -0.15) is 0 Å². The van der Waals surface area contributed by atoms with Crippen LogP contribution in [0.1, 0.15) is 0 Å². The highest BCUT2D eigenvalue weighted by molar-refractivity contribution is 5.94. The molecular weight excluding hydrogens is 244 g/mol. The Kier molecular flexibility index (Phi) is 2.63. The highest BCUT2D eigenvalue weighted by Gasteiger charge is 2.26. The second-order valence-electron chi connectivity index (χ2n) is 4.51. The minimum absolute atomic E-state index is 0.00967. The number of urea groups is 1. The highest BCUT2D eigenvalue weighted by atomic mass is 16.5. The van der Waals surface area contributed by atoms with E-state index in [-0.39, 0.29) is 11.9 Å². The molecule has 1 fully saturated rings. The number of hydrogen-bond acceptors (Lipinski definition) is 4. The number of amides is 2. The van der Waals surface area contributed by atoms with Gasteiger partial charge >= 0.3 is 6.03 Å². The van der Waals surface area contributed by atoms with Crippen LogP contribution in [-0.2, 0) is 0 Å². The van der Waals surface area contributed by atoms with Crippen LogP contribution in [0.3, 0.4) is 0 Å². The minimum atomic E-state index is 0.00967. The first-order valence-corrected chi connectivity index (χ1v) is 6.00. The number of nitrogens with zero attached hydrogens (tertiary/aromatic N) is 3. The van der Waals surface area contributed by atoms with Crippen LogP contribution in [-0.4, -0.2) is 36.2 Å². The maximum atomic E-state index is 12.0. The Morgan fingerprint density at radius 1 is 1.37 bits per heavy atom. The van der Waals surface area contributed by atoms with Crippen LogP contribution in [0.15, 0.2) is 35.0 Å². The molecule has 1 aromatic heterocycles. The molecule has 2 aromatic rings. The van der Waals surface area contributed by atoms with Gasteiger partial charge in [-0.1, -0.05) is 17.3 Å². The molecule has 6 nitrogen and oxygen atoms in total. The fourth-order valence-electron chi connectivity index (χ4n) is 2.19. The van der Waals surface area contributed by atoms with Crippen molar-refractivity contribution in [1.29, 1.82) is 0 Å². The molecular formula is C13H14N4O2. The number of carbonyl (C=O) groups excluding carboxylic acids is 1. The molecule has 1 aromatic carbocycles. The summed E-state index contributed by atoms with van der Waals surface area (Å²) in [6.07, 6.45) is 1.58. The molecule has 6 heteroatoms. The van der Waals surface area contributed by atoms with E-state index in [9.17, 15) is 4.79 Å². The zero-order valence-corrected chi connectivity index (χ0v) is 10.5. The third-order valence-electron chi connectivity index (χ3n) is 3.28. The Morgan fingerprint density at radius 2 is 2.21 bits per heavy atom. The minimum Gasteiger partial charge on any atom is -0.367 e. The maximum absolute atomic E-state index is 12.0. The molecule has 1 saturated heterocycles. The van der Waals surface area contributed by atoms with E-state index in [0.717, 1.165) is 23.4 Å². The summed E-state index contributed by atoms with van der Waals surface area (Å²) in [5.41, 5.74) is 8.19. The molecule has 0 saturated carbocycles. The topological polar surface area (TPSA) is 75.6 Å². The van der Waals surface area contributed by atoms with Crippen molar-refractivity contribution < 1.29 is 9.32 Å². The Labute approximate surface area is 110 Å². The smallest absolute Gasteiger partial charge is 0.324 e. The van der Waals surface area contributed by atoms with Crippen LogP contribution in [0.4, 0.5) is 16.4 Å². The molecule has 2 heterocycles. The van der Waals surface area contributed by atoms with Crippen LogP contribution < -0.4 is 10.6 Å². The predicted octanol–water partition coefficient (Wildman–Crippen LogP) is 1.80. The Morgan fingerprint density at radius 3 is 2.84 bits per heavy atom. The van der Waals surface area contributed by atoms with Crippen LogP contribution in [0.2, 0.25) is 0 Å². The number of nitrogen functional groups attached to an aromatic ring is 1. The molecule has 0 bridgehead atoms. The standard InChI is InChI=1S/C13H14N4O2/c1-16-5-6-17(13(16)18)10-4-2-3-9(7-10)11-8-15-19-12(11)14/h2-4,7-8H,5-6,14H2,1H3. The van der Waals surface area contributed by atoms with Gasteiger partial charge < -0.3 is 15.2 Å². The van der Waals surface area contributed by atoms with E-state index in [1.165, 1.54) is 0 Å². The van der Waals surface area contributed by atoms with Crippen molar-refractivity contribution in [3.05, 3.63) is 30.5 Å². The second-order valence-corrected chi connectivity index (χ2v) is 4.51. The third-order valence-corrected chi connectivity index (χ3v) is 3.28.